The number of rotatable bonds is 4. The van der Waals surface area contributed by atoms with Crippen molar-refractivity contribution in [1.29, 1.82) is 5.26 Å². The molecule has 1 aromatic carbocycles. The molecule has 0 unspecified atom stereocenters. The number of fused-ring (bicyclic) bond motifs is 1. The number of carbonyl (C=O) groups is 1. The van der Waals surface area contributed by atoms with Gasteiger partial charge in [0.25, 0.3) is 5.91 Å². The van der Waals surface area contributed by atoms with Gasteiger partial charge in [0.05, 0.1) is 12.5 Å². The fourth-order valence-corrected chi connectivity index (χ4v) is 1.89. The molecule has 0 fully saturated rings. The van der Waals surface area contributed by atoms with Crippen LogP contribution in [-0.4, -0.2) is 29.8 Å². The average molecular weight is 276 g/mol. The number of phenols is 1. The topological polar surface area (TPSA) is 91.6 Å². The van der Waals surface area contributed by atoms with Crippen molar-refractivity contribution in [2.24, 2.45) is 0 Å². The van der Waals surface area contributed by atoms with Gasteiger partial charge in [-0.3, -0.25) is 4.79 Å². The highest BCUT2D eigenvalue weighted by Gasteiger charge is 2.28. The lowest BCUT2D eigenvalue weighted by Crippen LogP contribution is -2.47. The van der Waals surface area contributed by atoms with Crippen LogP contribution in [0.4, 0.5) is 0 Å². The molecule has 6 nitrogen and oxygen atoms in total. The van der Waals surface area contributed by atoms with Gasteiger partial charge in [-0.1, -0.05) is 6.92 Å². The predicted octanol–water partition coefficient (Wildman–Crippen LogP) is 1.34. The van der Waals surface area contributed by atoms with Gasteiger partial charge in [-0.25, -0.2) is 0 Å². The summed E-state index contributed by atoms with van der Waals surface area (Å²) in [5, 5.41) is 20.8. The summed E-state index contributed by atoms with van der Waals surface area (Å²) in [4.78, 5) is 12.0. The van der Waals surface area contributed by atoms with Crippen LogP contribution in [0.2, 0.25) is 0 Å². The Labute approximate surface area is 116 Å². The van der Waals surface area contributed by atoms with Crippen LogP contribution in [0.1, 0.15) is 19.8 Å². The van der Waals surface area contributed by atoms with Gasteiger partial charge < -0.3 is 19.9 Å². The Balaban J connectivity index is 2.01. The molecule has 1 aliphatic heterocycles. The molecule has 1 aliphatic rings. The standard InChI is InChI=1S/C14H16N2O4/c1-2-9(5-6-15)16-14(18)13-8-19-11-4-3-10(17)7-12(11)20-13/h3-4,7,9,13,17H,2,5,8H2,1H3,(H,16,18)/t9-,13-/m0/s1. The summed E-state index contributed by atoms with van der Waals surface area (Å²) < 4.78 is 10.9. The van der Waals surface area contributed by atoms with Crippen LogP contribution >= 0.6 is 0 Å². The van der Waals surface area contributed by atoms with Gasteiger partial charge in [0.1, 0.15) is 12.4 Å². The Morgan fingerprint density at radius 1 is 1.60 bits per heavy atom. The van der Waals surface area contributed by atoms with Crippen molar-refractivity contribution >= 4 is 5.91 Å². The SMILES string of the molecule is CC[C@@H](CC#N)NC(=O)[C@@H]1COc2ccc(O)cc2O1. The number of amides is 1. The first-order chi connectivity index (χ1) is 9.63. The summed E-state index contributed by atoms with van der Waals surface area (Å²) in [6, 6.07) is 6.32. The minimum absolute atomic E-state index is 0.0457. The summed E-state index contributed by atoms with van der Waals surface area (Å²) in [5.74, 6) is 0.561. The summed E-state index contributed by atoms with van der Waals surface area (Å²) >= 11 is 0. The molecule has 1 amide bonds. The fraction of sp³-hybridized carbons (Fsp3) is 0.429. The van der Waals surface area contributed by atoms with Crippen LogP contribution in [0.25, 0.3) is 0 Å². The van der Waals surface area contributed by atoms with E-state index >= 15 is 0 Å². The predicted molar refractivity (Wildman–Crippen MR) is 70.5 cm³/mol. The molecule has 0 radical (unpaired) electrons. The molecule has 0 spiro atoms. The highest BCUT2D eigenvalue weighted by atomic mass is 16.6. The molecule has 0 saturated heterocycles. The van der Waals surface area contributed by atoms with Gasteiger partial charge >= 0.3 is 0 Å². The number of phenolic OH excluding ortho intramolecular Hbond substituents is 1. The maximum atomic E-state index is 12.0. The maximum absolute atomic E-state index is 12.0. The Kier molecular flexibility index (Phi) is 4.31. The van der Waals surface area contributed by atoms with Gasteiger partial charge in [-0.2, -0.15) is 5.26 Å². The van der Waals surface area contributed by atoms with E-state index in [2.05, 4.69) is 5.32 Å². The molecule has 106 valence electrons. The molecule has 1 aromatic rings. The van der Waals surface area contributed by atoms with E-state index in [1.165, 1.54) is 12.1 Å². The van der Waals surface area contributed by atoms with E-state index in [1.807, 2.05) is 13.0 Å². The van der Waals surface area contributed by atoms with Crippen molar-refractivity contribution < 1.29 is 19.4 Å². The van der Waals surface area contributed by atoms with Crippen molar-refractivity contribution in [3.05, 3.63) is 18.2 Å². The molecule has 20 heavy (non-hydrogen) atoms. The molecule has 0 aliphatic carbocycles. The molecular weight excluding hydrogens is 260 g/mol. The van der Waals surface area contributed by atoms with Crippen LogP contribution in [-0.2, 0) is 4.79 Å². The lowest BCUT2D eigenvalue weighted by atomic mass is 10.1. The normalized spacial score (nSPS) is 17.9. The van der Waals surface area contributed by atoms with Gasteiger partial charge in [-0.15, -0.1) is 0 Å². The van der Waals surface area contributed by atoms with Crippen LogP contribution < -0.4 is 14.8 Å². The lowest BCUT2D eigenvalue weighted by Gasteiger charge is -2.27. The van der Waals surface area contributed by atoms with E-state index in [0.29, 0.717) is 17.9 Å². The molecule has 1 heterocycles. The third kappa shape index (κ3) is 3.12. The monoisotopic (exact) mass is 276 g/mol. The quantitative estimate of drug-likeness (QED) is 0.865. The number of nitrogens with one attached hydrogen (secondary N) is 1. The maximum Gasteiger partial charge on any atom is 0.264 e. The van der Waals surface area contributed by atoms with Crippen molar-refractivity contribution in [3.63, 3.8) is 0 Å². The third-order valence-corrected chi connectivity index (χ3v) is 3.06. The fourth-order valence-electron chi connectivity index (χ4n) is 1.89. The minimum atomic E-state index is -0.781. The Morgan fingerprint density at radius 2 is 2.40 bits per heavy atom. The second kappa shape index (κ2) is 6.15. The van der Waals surface area contributed by atoms with Crippen LogP contribution in [0, 0.1) is 11.3 Å². The van der Waals surface area contributed by atoms with E-state index in [-0.39, 0.29) is 30.7 Å². The summed E-state index contributed by atoms with van der Waals surface area (Å²) in [5.41, 5.74) is 0. The number of hydrogen-bond donors (Lipinski definition) is 2. The number of ether oxygens (including phenoxy) is 2. The largest absolute Gasteiger partial charge is 0.508 e. The molecule has 0 aromatic heterocycles. The summed E-state index contributed by atoms with van der Waals surface area (Å²) in [7, 11) is 0. The van der Waals surface area contributed by atoms with E-state index in [1.54, 1.807) is 6.07 Å². The number of carbonyl (C=O) groups excluding carboxylic acids is 1. The number of aromatic hydroxyl groups is 1. The number of nitrogens with zero attached hydrogens (tertiary/aromatic N) is 1. The zero-order valence-corrected chi connectivity index (χ0v) is 11.1. The van der Waals surface area contributed by atoms with E-state index in [4.69, 9.17) is 14.7 Å². The van der Waals surface area contributed by atoms with Gasteiger partial charge in [0.2, 0.25) is 6.10 Å². The summed E-state index contributed by atoms with van der Waals surface area (Å²) in [6.45, 7) is 2.00. The first kappa shape index (κ1) is 14.0. The lowest BCUT2D eigenvalue weighted by molar-refractivity contribution is -0.131. The Morgan fingerprint density at radius 3 is 3.10 bits per heavy atom. The number of hydrogen-bond acceptors (Lipinski definition) is 5. The first-order valence-electron chi connectivity index (χ1n) is 6.43. The van der Waals surface area contributed by atoms with E-state index < -0.39 is 6.10 Å². The van der Waals surface area contributed by atoms with E-state index in [0.717, 1.165) is 0 Å². The third-order valence-electron chi connectivity index (χ3n) is 3.06. The highest BCUT2D eigenvalue weighted by Crippen LogP contribution is 2.34. The molecule has 0 saturated carbocycles. The van der Waals surface area contributed by atoms with Crippen LogP contribution in [0.15, 0.2) is 18.2 Å². The van der Waals surface area contributed by atoms with Gasteiger partial charge in [-0.05, 0) is 18.6 Å². The molecule has 0 bridgehead atoms. The van der Waals surface area contributed by atoms with Crippen LogP contribution in [0.5, 0.6) is 17.2 Å². The average Bonchev–Trinajstić information content (AvgIpc) is 2.45. The Bertz CT molecular complexity index is 538. The molecular formula is C14H16N2O4. The second-order valence-corrected chi connectivity index (χ2v) is 4.52. The zero-order valence-electron chi connectivity index (χ0n) is 11.1. The van der Waals surface area contributed by atoms with Crippen molar-refractivity contribution in [2.75, 3.05) is 6.61 Å². The van der Waals surface area contributed by atoms with Gasteiger partial charge in [0.15, 0.2) is 11.5 Å². The molecule has 2 N–H and O–H groups in total. The molecule has 2 rings (SSSR count). The minimum Gasteiger partial charge on any atom is -0.508 e. The van der Waals surface area contributed by atoms with Gasteiger partial charge in [0, 0.05) is 12.1 Å². The highest BCUT2D eigenvalue weighted by molar-refractivity contribution is 5.82. The smallest absolute Gasteiger partial charge is 0.264 e. The zero-order chi connectivity index (χ0) is 14.5. The molecule has 2 atom stereocenters. The first-order valence-corrected chi connectivity index (χ1v) is 6.43. The second-order valence-electron chi connectivity index (χ2n) is 4.52. The van der Waals surface area contributed by atoms with Crippen molar-refractivity contribution in [2.45, 2.75) is 31.9 Å². The van der Waals surface area contributed by atoms with E-state index in [9.17, 15) is 9.90 Å². The molecule has 6 heteroatoms. The van der Waals surface area contributed by atoms with Crippen molar-refractivity contribution in [3.8, 4) is 23.3 Å². The number of benzene rings is 1. The Hall–Kier alpha value is -2.42. The number of nitriles is 1. The van der Waals surface area contributed by atoms with Crippen LogP contribution in [0.3, 0.4) is 0 Å². The summed E-state index contributed by atoms with van der Waals surface area (Å²) in [6.07, 6.45) is 0.148. The van der Waals surface area contributed by atoms with Crippen molar-refractivity contribution in [1.82, 2.24) is 5.32 Å².